The van der Waals surface area contributed by atoms with Crippen LogP contribution in [0.2, 0.25) is 0 Å². The Kier molecular flexibility index (Phi) is 6.64. The molecule has 2 aromatic rings. The Bertz CT molecular complexity index is 724. The molecule has 2 rings (SSSR count). The molecule has 26 heavy (non-hydrogen) atoms. The summed E-state index contributed by atoms with van der Waals surface area (Å²) >= 11 is 0. The van der Waals surface area contributed by atoms with E-state index in [1.54, 1.807) is 32.4 Å². The van der Waals surface area contributed by atoms with Gasteiger partial charge in [0.15, 0.2) is 0 Å². The van der Waals surface area contributed by atoms with Crippen LogP contribution in [0.25, 0.3) is 0 Å². The summed E-state index contributed by atoms with van der Waals surface area (Å²) in [6.45, 7) is 7.30. The van der Waals surface area contributed by atoms with E-state index in [0.29, 0.717) is 23.7 Å². The van der Waals surface area contributed by atoms with Gasteiger partial charge in [0.2, 0.25) is 5.91 Å². The summed E-state index contributed by atoms with van der Waals surface area (Å²) in [5.41, 5.74) is 1.63. The number of amides is 1. The number of methoxy groups -OCH3 is 2. The maximum absolute atomic E-state index is 12.7. The average molecular weight is 356 g/mol. The Morgan fingerprint density at radius 2 is 1.73 bits per heavy atom. The molecule has 140 valence electrons. The van der Waals surface area contributed by atoms with Crippen LogP contribution in [0.4, 0.5) is 5.69 Å². The molecule has 5 heteroatoms. The standard InChI is InChI=1S/C21H28N2O3/c1-21(2,3)23(14-16-9-7-6-8-10-16)15-20(24)22-18-13-17(25-4)11-12-19(18)26-5/h6-13H,14-15H2,1-5H3,(H,22,24). The number of benzene rings is 2. The van der Waals surface area contributed by atoms with Crippen molar-refractivity contribution in [2.24, 2.45) is 0 Å². The Hall–Kier alpha value is -2.53. The van der Waals surface area contributed by atoms with Gasteiger partial charge in [-0.2, -0.15) is 0 Å². The summed E-state index contributed by atoms with van der Waals surface area (Å²) in [6, 6.07) is 15.5. The first kappa shape index (κ1) is 19.8. The van der Waals surface area contributed by atoms with E-state index in [0.717, 1.165) is 0 Å². The molecule has 1 N–H and O–H groups in total. The molecular formula is C21H28N2O3. The SMILES string of the molecule is COc1ccc(OC)c(NC(=O)CN(Cc2ccccc2)C(C)(C)C)c1. The van der Waals surface area contributed by atoms with Gasteiger partial charge in [-0.15, -0.1) is 0 Å². The number of nitrogens with zero attached hydrogens (tertiary/aromatic N) is 1. The van der Waals surface area contributed by atoms with Crippen molar-refractivity contribution < 1.29 is 14.3 Å². The van der Waals surface area contributed by atoms with Crippen LogP contribution in [0.1, 0.15) is 26.3 Å². The van der Waals surface area contributed by atoms with Gasteiger partial charge in [0, 0.05) is 18.2 Å². The van der Waals surface area contributed by atoms with Gasteiger partial charge in [-0.25, -0.2) is 0 Å². The highest BCUT2D eigenvalue weighted by molar-refractivity contribution is 5.94. The second-order valence-corrected chi connectivity index (χ2v) is 7.13. The lowest BCUT2D eigenvalue weighted by atomic mass is 10.0. The first-order valence-electron chi connectivity index (χ1n) is 8.64. The van der Waals surface area contributed by atoms with Crippen molar-refractivity contribution in [3.63, 3.8) is 0 Å². The summed E-state index contributed by atoms with van der Waals surface area (Å²) < 4.78 is 10.6. The van der Waals surface area contributed by atoms with Crippen LogP contribution in [-0.4, -0.2) is 37.1 Å². The van der Waals surface area contributed by atoms with Crippen molar-refractivity contribution in [3.05, 3.63) is 54.1 Å². The topological polar surface area (TPSA) is 50.8 Å². The number of anilines is 1. The molecule has 0 aromatic heterocycles. The molecule has 0 spiro atoms. The predicted molar refractivity (Wildman–Crippen MR) is 105 cm³/mol. The number of rotatable bonds is 7. The average Bonchev–Trinajstić information content (AvgIpc) is 2.61. The van der Waals surface area contributed by atoms with E-state index in [1.807, 2.05) is 18.2 Å². The second kappa shape index (κ2) is 8.72. The zero-order valence-electron chi connectivity index (χ0n) is 16.2. The van der Waals surface area contributed by atoms with E-state index < -0.39 is 0 Å². The lowest BCUT2D eigenvalue weighted by Gasteiger charge is -2.35. The number of ether oxygens (including phenoxy) is 2. The third-order valence-corrected chi connectivity index (χ3v) is 4.18. The maximum atomic E-state index is 12.7. The van der Waals surface area contributed by atoms with Gasteiger partial charge < -0.3 is 14.8 Å². The highest BCUT2D eigenvalue weighted by Gasteiger charge is 2.24. The van der Waals surface area contributed by atoms with Crippen molar-refractivity contribution in [1.29, 1.82) is 0 Å². The summed E-state index contributed by atoms with van der Waals surface area (Å²) in [7, 11) is 3.17. The highest BCUT2D eigenvalue weighted by atomic mass is 16.5. The Labute approximate surface area is 155 Å². The normalized spacial score (nSPS) is 11.3. The zero-order valence-corrected chi connectivity index (χ0v) is 16.2. The fraction of sp³-hybridized carbons (Fsp3) is 0.381. The summed E-state index contributed by atoms with van der Waals surface area (Å²) in [6.07, 6.45) is 0. The first-order valence-corrected chi connectivity index (χ1v) is 8.64. The van der Waals surface area contributed by atoms with Gasteiger partial charge >= 0.3 is 0 Å². The summed E-state index contributed by atoms with van der Waals surface area (Å²) in [4.78, 5) is 14.8. The Morgan fingerprint density at radius 3 is 2.31 bits per heavy atom. The number of hydrogen-bond acceptors (Lipinski definition) is 4. The van der Waals surface area contributed by atoms with Crippen molar-refractivity contribution in [1.82, 2.24) is 4.90 Å². The molecule has 0 atom stereocenters. The van der Waals surface area contributed by atoms with Crippen LogP contribution in [0.5, 0.6) is 11.5 Å². The van der Waals surface area contributed by atoms with Crippen LogP contribution in [0.15, 0.2) is 48.5 Å². The predicted octanol–water partition coefficient (Wildman–Crippen LogP) is 3.94. The smallest absolute Gasteiger partial charge is 0.238 e. The van der Waals surface area contributed by atoms with Gasteiger partial charge in [-0.3, -0.25) is 9.69 Å². The van der Waals surface area contributed by atoms with Gasteiger partial charge in [-0.1, -0.05) is 30.3 Å². The fourth-order valence-corrected chi connectivity index (χ4v) is 2.61. The zero-order chi connectivity index (χ0) is 19.2. The molecule has 0 aliphatic rings. The van der Waals surface area contributed by atoms with E-state index in [1.165, 1.54) is 5.56 Å². The van der Waals surface area contributed by atoms with Gasteiger partial charge in [0.25, 0.3) is 0 Å². The number of carbonyl (C=O) groups is 1. The van der Waals surface area contributed by atoms with Crippen LogP contribution in [-0.2, 0) is 11.3 Å². The largest absolute Gasteiger partial charge is 0.497 e. The van der Waals surface area contributed by atoms with E-state index in [2.05, 4.69) is 43.1 Å². The summed E-state index contributed by atoms with van der Waals surface area (Å²) in [5, 5.41) is 2.94. The third-order valence-electron chi connectivity index (χ3n) is 4.18. The monoisotopic (exact) mass is 356 g/mol. The Balaban J connectivity index is 2.12. The molecule has 5 nitrogen and oxygen atoms in total. The highest BCUT2D eigenvalue weighted by Crippen LogP contribution is 2.29. The molecule has 2 aromatic carbocycles. The molecule has 0 heterocycles. The van der Waals surface area contributed by atoms with Crippen LogP contribution >= 0.6 is 0 Å². The molecular weight excluding hydrogens is 328 g/mol. The van der Waals surface area contributed by atoms with Crippen molar-refractivity contribution >= 4 is 11.6 Å². The van der Waals surface area contributed by atoms with E-state index >= 15 is 0 Å². The lowest BCUT2D eigenvalue weighted by Crippen LogP contribution is -2.45. The van der Waals surface area contributed by atoms with E-state index in [9.17, 15) is 4.79 Å². The molecule has 0 saturated heterocycles. The molecule has 0 aliphatic heterocycles. The van der Waals surface area contributed by atoms with E-state index in [4.69, 9.17) is 9.47 Å². The molecule has 0 aliphatic carbocycles. The second-order valence-electron chi connectivity index (χ2n) is 7.13. The van der Waals surface area contributed by atoms with Crippen molar-refractivity contribution in [2.45, 2.75) is 32.9 Å². The molecule has 1 amide bonds. The molecule has 0 bridgehead atoms. The minimum absolute atomic E-state index is 0.0950. The van der Waals surface area contributed by atoms with Gasteiger partial charge in [0.05, 0.1) is 26.5 Å². The molecule has 0 saturated carbocycles. The Morgan fingerprint density at radius 1 is 1.04 bits per heavy atom. The van der Waals surface area contributed by atoms with Gasteiger partial charge in [0.1, 0.15) is 11.5 Å². The number of carbonyl (C=O) groups excluding carboxylic acids is 1. The van der Waals surface area contributed by atoms with Crippen molar-refractivity contribution in [3.8, 4) is 11.5 Å². The maximum Gasteiger partial charge on any atom is 0.238 e. The van der Waals surface area contributed by atoms with E-state index in [-0.39, 0.29) is 18.0 Å². The number of hydrogen-bond donors (Lipinski definition) is 1. The summed E-state index contributed by atoms with van der Waals surface area (Å²) in [5.74, 6) is 1.17. The van der Waals surface area contributed by atoms with Crippen LogP contribution < -0.4 is 14.8 Å². The minimum Gasteiger partial charge on any atom is -0.497 e. The van der Waals surface area contributed by atoms with Crippen LogP contribution in [0.3, 0.4) is 0 Å². The number of nitrogens with one attached hydrogen (secondary N) is 1. The third kappa shape index (κ3) is 5.49. The fourth-order valence-electron chi connectivity index (χ4n) is 2.61. The first-order chi connectivity index (χ1) is 12.3. The molecule has 0 radical (unpaired) electrons. The molecule has 0 unspecified atom stereocenters. The molecule has 0 fully saturated rings. The van der Waals surface area contributed by atoms with Crippen molar-refractivity contribution in [2.75, 3.05) is 26.1 Å². The lowest BCUT2D eigenvalue weighted by molar-refractivity contribution is -0.118. The van der Waals surface area contributed by atoms with Crippen LogP contribution in [0, 0.1) is 0 Å². The minimum atomic E-state index is -0.147. The van der Waals surface area contributed by atoms with Gasteiger partial charge in [-0.05, 0) is 38.5 Å². The quantitative estimate of drug-likeness (QED) is 0.816.